The maximum absolute atomic E-state index is 11.1. The number of carboxylic acids is 1. The van der Waals surface area contributed by atoms with Gasteiger partial charge >= 0.3 is 5.97 Å². The molecule has 0 atom stereocenters. The van der Waals surface area contributed by atoms with Gasteiger partial charge in [-0.05, 0) is 49.3 Å². The van der Waals surface area contributed by atoms with E-state index in [1.165, 1.54) is 12.8 Å². The first-order valence-corrected chi connectivity index (χ1v) is 8.99. The molecule has 0 amide bonds. The molecule has 0 aliphatic heterocycles. The molecular formula is C19H28N2O4. The second-order valence-corrected chi connectivity index (χ2v) is 7.16. The van der Waals surface area contributed by atoms with Crippen LogP contribution in [0.2, 0.25) is 0 Å². The summed E-state index contributed by atoms with van der Waals surface area (Å²) in [5, 5.41) is 12.7. The van der Waals surface area contributed by atoms with Gasteiger partial charge in [0.15, 0.2) is 11.5 Å². The van der Waals surface area contributed by atoms with Gasteiger partial charge in [-0.15, -0.1) is 0 Å². The molecule has 0 unspecified atom stereocenters. The number of nitrogens with zero attached hydrogens (tertiary/aromatic N) is 1. The highest BCUT2D eigenvalue weighted by molar-refractivity contribution is 5.69. The predicted molar refractivity (Wildman–Crippen MR) is 95.1 cm³/mol. The molecule has 2 saturated carbocycles. The zero-order valence-corrected chi connectivity index (χ0v) is 15.0. The minimum Gasteiger partial charge on any atom is -0.493 e. The molecule has 25 heavy (non-hydrogen) atoms. The maximum Gasteiger partial charge on any atom is 0.317 e. The average molecular weight is 348 g/mol. The number of methoxy groups -OCH3 is 2. The number of hydrogen-bond acceptors (Lipinski definition) is 5. The van der Waals surface area contributed by atoms with E-state index >= 15 is 0 Å². The molecule has 6 nitrogen and oxygen atoms in total. The molecule has 0 aromatic heterocycles. The number of hydrogen-bond donors (Lipinski definition) is 2. The molecule has 0 bridgehead atoms. The summed E-state index contributed by atoms with van der Waals surface area (Å²) < 4.78 is 10.6. The Morgan fingerprint density at radius 1 is 1.24 bits per heavy atom. The number of ether oxygens (including phenoxy) is 2. The molecule has 1 aromatic carbocycles. The SMILES string of the molecule is COc1ccc(CNC2CC(N(CC(=O)O)CC3CC3)C2)cc1OC. The van der Waals surface area contributed by atoms with Crippen LogP contribution in [0.3, 0.4) is 0 Å². The smallest absolute Gasteiger partial charge is 0.317 e. The van der Waals surface area contributed by atoms with Gasteiger partial charge in [-0.1, -0.05) is 6.07 Å². The van der Waals surface area contributed by atoms with Gasteiger partial charge in [-0.3, -0.25) is 9.69 Å². The van der Waals surface area contributed by atoms with E-state index in [0.717, 1.165) is 48.9 Å². The van der Waals surface area contributed by atoms with Crippen LogP contribution in [0.15, 0.2) is 18.2 Å². The lowest BCUT2D eigenvalue weighted by atomic mass is 9.85. The molecule has 1 aromatic rings. The minimum atomic E-state index is -0.720. The fourth-order valence-corrected chi connectivity index (χ4v) is 3.45. The average Bonchev–Trinajstić information content (AvgIpc) is 3.36. The van der Waals surface area contributed by atoms with Crippen molar-refractivity contribution in [1.82, 2.24) is 10.2 Å². The second-order valence-electron chi connectivity index (χ2n) is 7.16. The topological polar surface area (TPSA) is 71.0 Å². The van der Waals surface area contributed by atoms with E-state index in [2.05, 4.69) is 10.2 Å². The Kier molecular flexibility index (Phi) is 5.81. The zero-order chi connectivity index (χ0) is 17.8. The van der Waals surface area contributed by atoms with Crippen LogP contribution in [0.5, 0.6) is 11.5 Å². The van der Waals surface area contributed by atoms with E-state index in [1.54, 1.807) is 14.2 Å². The molecule has 0 spiro atoms. The number of aliphatic carboxylic acids is 1. The highest BCUT2D eigenvalue weighted by Crippen LogP contribution is 2.34. The number of carbonyl (C=O) groups is 1. The van der Waals surface area contributed by atoms with Gasteiger partial charge in [0.05, 0.1) is 20.8 Å². The fraction of sp³-hybridized carbons (Fsp3) is 0.632. The molecule has 0 radical (unpaired) electrons. The van der Waals surface area contributed by atoms with Crippen LogP contribution in [-0.2, 0) is 11.3 Å². The van der Waals surface area contributed by atoms with Gasteiger partial charge in [0, 0.05) is 25.2 Å². The summed E-state index contributed by atoms with van der Waals surface area (Å²) in [6.45, 7) is 1.89. The van der Waals surface area contributed by atoms with Gasteiger partial charge in [-0.25, -0.2) is 0 Å². The Bertz CT molecular complexity index is 597. The maximum atomic E-state index is 11.1. The first-order chi connectivity index (χ1) is 12.1. The van der Waals surface area contributed by atoms with E-state index in [-0.39, 0.29) is 6.54 Å². The van der Waals surface area contributed by atoms with Gasteiger partial charge in [0.2, 0.25) is 0 Å². The summed E-state index contributed by atoms with van der Waals surface area (Å²) in [6, 6.07) is 6.80. The normalized spacial score (nSPS) is 22.5. The molecule has 3 rings (SSSR count). The van der Waals surface area contributed by atoms with E-state index in [0.29, 0.717) is 12.1 Å². The Morgan fingerprint density at radius 2 is 1.96 bits per heavy atom. The molecule has 0 saturated heterocycles. The number of benzene rings is 1. The lowest BCUT2D eigenvalue weighted by Gasteiger charge is -2.43. The predicted octanol–water partition coefficient (Wildman–Crippen LogP) is 2.12. The molecule has 2 aliphatic rings. The third kappa shape index (κ3) is 4.86. The number of carboxylic acid groups (broad SMARTS) is 1. The first-order valence-electron chi connectivity index (χ1n) is 8.99. The molecule has 2 N–H and O–H groups in total. The second kappa shape index (κ2) is 8.06. The third-order valence-electron chi connectivity index (χ3n) is 5.20. The third-order valence-corrected chi connectivity index (χ3v) is 5.20. The van der Waals surface area contributed by atoms with Crippen molar-refractivity contribution in [3.63, 3.8) is 0 Å². The lowest BCUT2D eigenvalue weighted by Crippen LogP contribution is -2.54. The monoisotopic (exact) mass is 348 g/mol. The molecule has 2 aliphatic carbocycles. The highest BCUT2D eigenvalue weighted by atomic mass is 16.5. The molecule has 0 heterocycles. The van der Waals surface area contributed by atoms with Crippen LogP contribution in [0, 0.1) is 5.92 Å². The summed E-state index contributed by atoms with van der Waals surface area (Å²) in [5.41, 5.74) is 1.15. The van der Waals surface area contributed by atoms with Gasteiger partial charge < -0.3 is 19.9 Å². The minimum absolute atomic E-state index is 0.170. The van der Waals surface area contributed by atoms with Crippen LogP contribution in [0.1, 0.15) is 31.2 Å². The first kappa shape index (κ1) is 18.0. The molecule has 138 valence electrons. The largest absolute Gasteiger partial charge is 0.493 e. The van der Waals surface area contributed by atoms with Crippen LogP contribution in [0.4, 0.5) is 0 Å². The van der Waals surface area contributed by atoms with Crippen LogP contribution in [-0.4, -0.2) is 55.4 Å². The van der Waals surface area contributed by atoms with Crippen LogP contribution < -0.4 is 14.8 Å². The Morgan fingerprint density at radius 3 is 2.56 bits per heavy atom. The van der Waals surface area contributed by atoms with Crippen molar-refractivity contribution in [2.45, 2.75) is 44.3 Å². The summed E-state index contributed by atoms with van der Waals surface area (Å²) in [4.78, 5) is 13.2. The van der Waals surface area contributed by atoms with Crippen molar-refractivity contribution >= 4 is 5.97 Å². The fourth-order valence-electron chi connectivity index (χ4n) is 3.45. The molecule has 2 fully saturated rings. The summed E-state index contributed by atoms with van der Waals surface area (Å²) in [7, 11) is 3.28. The van der Waals surface area contributed by atoms with E-state index in [4.69, 9.17) is 14.6 Å². The van der Waals surface area contributed by atoms with Crippen molar-refractivity contribution < 1.29 is 19.4 Å². The van der Waals surface area contributed by atoms with Crippen molar-refractivity contribution in [3.8, 4) is 11.5 Å². The van der Waals surface area contributed by atoms with Crippen molar-refractivity contribution in [2.24, 2.45) is 5.92 Å². The van der Waals surface area contributed by atoms with Gasteiger partial charge in [0.1, 0.15) is 0 Å². The molecular weight excluding hydrogens is 320 g/mol. The lowest BCUT2D eigenvalue weighted by molar-refractivity contribution is -0.139. The quantitative estimate of drug-likeness (QED) is 0.675. The van der Waals surface area contributed by atoms with Crippen LogP contribution in [0.25, 0.3) is 0 Å². The van der Waals surface area contributed by atoms with Gasteiger partial charge in [-0.2, -0.15) is 0 Å². The highest BCUT2D eigenvalue weighted by Gasteiger charge is 2.36. The van der Waals surface area contributed by atoms with Crippen molar-refractivity contribution in [3.05, 3.63) is 23.8 Å². The van der Waals surface area contributed by atoms with E-state index in [9.17, 15) is 4.79 Å². The van der Waals surface area contributed by atoms with Gasteiger partial charge in [0.25, 0.3) is 0 Å². The van der Waals surface area contributed by atoms with Crippen LogP contribution >= 0.6 is 0 Å². The summed E-state index contributed by atoms with van der Waals surface area (Å²) in [5.74, 6) is 1.48. The number of nitrogens with one attached hydrogen (secondary N) is 1. The van der Waals surface area contributed by atoms with E-state index in [1.807, 2.05) is 18.2 Å². The summed E-state index contributed by atoms with van der Waals surface area (Å²) in [6.07, 6.45) is 4.55. The molecule has 6 heteroatoms. The Hall–Kier alpha value is -1.79. The zero-order valence-electron chi connectivity index (χ0n) is 15.0. The van der Waals surface area contributed by atoms with E-state index < -0.39 is 5.97 Å². The van der Waals surface area contributed by atoms with Crippen molar-refractivity contribution in [2.75, 3.05) is 27.3 Å². The number of rotatable bonds is 10. The Labute approximate surface area is 149 Å². The summed E-state index contributed by atoms with van der Waals surface area (Å²) >= 11 is 0. The Balaban J connectivity index is 1.45. The standard InChI is InChI=1S/C19H28N2O4/c1-24-17-6-5-14(7-18(17)25-2)10-20-15-8-16(9-15)21(12-19(22)23)11-13-3-4-13/h5-7,13,15-16,20H,3-4,8-12H2,1-2H3,(H,22,23). The van der Waals surface area contributed by atoms with Crippen molar-refractivity contribution in [1.29, 1.82) is 0 Å².